The van der Waals surface area contributed by atoms with E-state index >= 15 is 0 Å². The summed E-state index contributed by atoms with van der Waals surface area (Å²) in [7, 11) is 0. The predicted octanol–water partition coefficient (Wildman–Crippen LogP) is 2.14. The Morgan fingerprint density at radius 3 is 2.73 bits per heavy atom. The highest BCUT2D eigenvalue weighted by atomic mass is 79.9. The van der Waals surface area contributed by atoms with Gasteiger partial charge in [0.25, 0.3) is 5.92 Å². The summed E-state index contributed by atoms with van der Waals surface area (Å²) in [6.07, 6.45) is 0.410. The number of carbonyl (C=O) groups is 1. The smallest absolute Gasteiger partial charge is 0.262 e. The Hall–Kier alpha value is -1.21. The van der Waals surface area contributed by atoms with Gasteiger partial charge < -0.3 is 10.2 Å². The molecule has 7 heteroatoms. The van der Waals surface area contributed by atoms with Crippen molar-refractivity contribution in [3.63, 3.8) is 0 Å². The van der Waals surface area contributed by atoms with Crippen LogP contribution < -0.4 is 15.5 Å². The van der Waals surface area contributed by atoms with E-state index in [9.17, 15) is 13.6 Å². The van der Waals surface area contributed by atoms with Crippen molar-refractivity contribution in [1.82, 2.24) is 10.6 Å². The molecule has 0 aliphatic carbocycles. The van der Waals surface area contributed by atoms with Crippen LogP contribution in [0, 0.1) is 0 Å². The second-order valence-electron chi connectivity index (χ2n) is 5.91. The van der Waals surface area contributed by atoms with Gasteiger partial charge >= 0.3 is 0 Å². The molecule has 0 aromatic heterocycles. The lowest BCUT2D eigenvalue weighted by Gasteiger charge is -2.20. The average Bonchev–Trinajstić information content (AvgIpc) is 3.06. The number of halogens is 3. The minimum Gasteiger partial charge on any atom is -0.369 e. The molecule has 0 saturated carbocycles. The van der Waals surface area contributed by atoms with Gasteiger partial charge in [-0.15, -0.1) is 0 Å². The van der Waals surface area contributed by atoms with Gasteiger partial charge in [0.15, 0.2) is 0 Å². The summed E-state index contributed by atoms with van der Waals surface area (Å²) in [6.45, 7) is 1.14. The van der Waals surface area contributed by atoms with Crippen LogP contribution in [-0.2, 0) is 4.79 Å². The normalized spacial score (nSPS) is 27.1. The largest absolute Gasteiger partial charge is 0.369 e. The van der Waals surface area contributed by atoms with Gasteiger partial charge in [-0.05, 0) is 30.7 Å². The van der Waals surface area contributed by atoms with Gasteiger partial charge in [0.2, 0.25) is 5.91 Å². The molecular weight excluding hydrogens is 356 g/mol. The lowest BCUT2D eigenvalue weighted by atomic mass is 10.1. The molecule has 2 N–H and O–H groups in total. The molecule has 0 bridgehead atoms. The Morgan fingerprint density at radius 2 is 2.09 bits per heavy atom. The molecule has 2 fully saturated rings. The highest BCUT2D eigenvalue weighted by Crippen LogP contribution is 2.26. The molecule has 1 aromatic rings. The summed E-state index contributed by atoms with van der Waals surface area (Å²) in [4.78, 5) is 14.2. The predicted molar refractivity (Wildman–Crippen MR) is 84.3 cm³/mol. The zero-order valence-electron chi connectivity index (χ0n) is 12.0. The SMILES string of the molecule is O=C(NC1CCN(c2ccc(Br)cc2)C1)C1CC(F)(F)CN1. The average molecular weight is 374 g/mol. The Morgan fingerprint density at radius 1 is 1.36 bits per heavy atom. The van der Waals surface area contributed by atoms with Gasteiger partial charge in [-0.2, -0.15) is 0 Å². The fourth-order valence-electron chi connectivity index (χ4n) is 2.97. The Bertz CT molecular complexity index is 552. The first-order valence-corrected chi connectivity index (χ1v) is 8.14. The number of rotatable bonds is 3. The van der Waals surface area contributed by atoms with Crippen molar-refractivity contribution in [3.05, 3.63) is 28.7 Å². The second-order valence-corrected chi connectivity index (χ2v) is 6.83. The minimum absolute atomic E-state index is 0.00664. The third-order valence-electron chi connectivity index (χ3n) is 4.15. The lowest BCUT2D eigenvalue weighted by Crippen LogP contribution is -2.46. The van der Waals surface area contributed by atoms with E-state index in [0.717, 1.165) is 23.1 Å². The number of hydrogen-bond acceptors (Lipinski definition) is 3. The summed E-state index contributed by atoms with van der Waals surface area (Å²) in [6, 6.07) is 7.22. The van der Waals surface area contributed by atoms with Gasteiger partial charge in [0.05, 0.1) is 12.6 Å². The Kier molecular flexibility index (Phi) is 4.36. The van der Waals surface area contributed by atoms with Crippen LogP contribution in [0.15, 0.2) is 28.7 Å². The van der Waals surface area contributed by atoms with Crippen molar-refractivity contribution in [1.29, 1.82) is 0 Å². The van der Waals surface area contributed by atoms with Crippen LogP contribution in [0.4, 0.5) is 14.5 Å². The summed E-state index contributed by atoms with van der Waals surface area (Å²) < 4.78 is 27.3. The second kappa shape index (κ2) is 6.12. The van der Waals surface area contributed by atoms with Crippen molar-refractivity contribution in [2.75, 3.05) is 24.5 Å². The molecular formula is C15H18BrF2N3O. The monoisotopic (exact) mass is 373 g/mol. The van der Waals surface area contributed by atoms with Crippen LogP contribution in [0.1, 0.15) is 12.8 Å². The molecule has 2 heterocycles. The molecule has 4 nitrogen and oxygen atoms in total. The summed E-state index contributed by atoms with van der Waals surface area (Å²) in [5.74, 6) is -3.10. The zero-order valence-corrected chi connectivity index (χ0v) is 13.6. The fraction of sp³-hybridized carbons (Fsp3) is 0.533. The first-order chi connectivity index (χ1) is 10.4. The fourth-order valence-corrected chi connectivity index (χ4v) is 3.23. The number of benzene rings is 1. The van der Waals surface area contributed by atoms with Gasteiger partial charge in [0.1, 0.15) is 0 Å². The third kappa shape index (κ3) is 3.57. The summed E-state index contributed by atoms with van der Waals surface area (Å²) in [5.41, 5.74) is 1.10. The van der Waals surface area contributed by atoms with Crippen molar-refractivity contribution in [2.24, 2.45) is 0 Å². The molecule has 0 radical (unpaired) electrons. The summed E-state index contributed by atoms with van der Waals surface area (Å²) in [5, 5.41) is 5.47. The highest BCUT2D eigenvalue weighted by Gasteiger charge is 2.42. The van der Waals surface area contributed by atoms with Gasteiger partial charge in [-0.3, -0.25) is 10.1 Å². The van der Waals surface area contributed by atoms with E-state index in [1.54, 1.807) is 0 Å². The van der Waals surface area contributed by atoms with Crippen LogP contribution in [-0.4, -0.2) is 43.5 Å². The quantitative estimate of drug-likeness (QED) is 0.852. The van der Waals surface area contributed by atoms with Crippen LogP contribution in [0.2, 0.25) is 0 Å². The molecule has 22 heavy (non-hydrogen) atoms. The number of carbonyl (C=O) groups excluding carboxylic acids is 1. The number of nitrogens with one attached hydrogen (secondary N) is 2. The van der Waals surface area contributed by atoms with E-state index in [-0.39, 0.29) is 11.9 Å². The third-order valence-corrected chi connectivity index (χ3v) is 4.68. The van der Waals surface area contributed by atoms with Crippen molar-refractivity contribution in [2.45, 2.75) is 30.8 Å². The van der Waals surface area contributed by atoms with Gasteiger partial charge in [-0.25, -0.2) is 8.78 Å². The van der Waals surface area contributed by atoms with E-state index in [0.29, 0.717) is 6.54 Å². The first-order valence-electron chi connectivity index (χ1n) is 7.35. The standard InChI is InChI=1S/C15H18BrF2N3O/c16-10-1-3-12(4-2-10)21-6-5-11(8-21)20-14(22)13-7-15(17,18)9-19-13/h1-4,11,13,19H,5-9H2,(H,20,22). The lowest BCUT2D eigenvalue weighted by molar-refractivity contribution is -0.124. The van der Waals surface area contributed by atoms with Crippen LogP contribution in [0.25, 0.3) is 0 Å². The molecule has 2 atom stereocenters. The molecule has 2 aliphatic heterocycles. The molecule has 120 valence electrons. The molecule has 1 aromatic carbocycles. The molecule has 1 amide bonds. The number of hydrogen-bond donors (Lipinski definition) is 2. The van der Waals surface area contributed by atoms with Crippen molar-refractivity contribution >= 4 is 27.5 Å². The maximum atomic E-state index is 13.1. The number of anilines is 1. The minimum atomic E-state index is -2.78. The highest BCUT2D eigenvalue weighted by molar-refractivity contribution is 9.10. The number of nitrogens with zero attached hydrogens (tertiary/aromatic N) is 1. The molecule has 2 aliphatic rings. The molecule has 0 spiro atoms. The van der Waals surface area contributed by atoms with Crippen LogP contribution >= 0.6 is 15.9 Å². The Labute approximate surface area is 136 Å². The molecule has 2 unspecified atom stereocenters. The molecule has 2 saturated heterocycles. The topological polar surface area (TPSA) is 44.4 Å². The maximum Gasteiger partial charge on any atom is 0.262 e. The van der Waals surface area contributed by atoms with Crippen molar-refractivity contribution < 1.29 is 13.6 Å². The van der Waals surface area contributed by atoms with E-state index in [2.05, 4.69) is 31.5 Å². The summed E-state index contributed by atoms with van der Waals surface area (Å²) >= 11 is 3.40. The van der Waals surface area contributed by atoms with Gasteiger partial charge in [-0.1, -0.05) is 15.9 Å². The Balaban J connectivity index is 1.53. The number of amides is 1. The molecule has 3 rings (SSSR count). The van der Waals surface area contributed by atoms with Gasteiger partial charge in [0, 0.05) is 35.7 Å². The van der Waals surface area contributed by atoms with Crippen LogP contribution in [0.5, 0.6) is 0 Å². The zero-order chi connectivity index (χ0) is 15.7. The van der Waals surface area contributed by atoms with Crippen molar-refractivity contribution in [3.8, 4) is 0 Å². The number of alkyl halides is 2. The van der Waals surface area contributed by atoms with E-state index in [1.165, 1.54) is 0 Å². The van der Waals surface area contributed by atoms with Crippen LogP contribution in [0.3, 0.4) is 0 Å². The first kappa shape index (κ1) is 15.7. The van der Waals surface area contributed by atoms with E-state index < -0.39 is 24.9 Å². The van der Waals surface area contributed by atoms with E-state index in [4.69, 9.17) is 0 Å². The maximum absolute atomic E-state index is 13.1. The van der Waals surface area contributed by atoms with E-state index in [1.807, 2.05) is 24.3 Å².